The second-order valence-corrected chi connectivity index (χ2v) is 6.27. The predicted octanol–water partition coefficient (Wildman–Crippen LogP) is 1.60. The fraction of sp³-hybridized carbons (Fsp3) is 0.588. The molecule has 5 nitrogen and oxygen atoms in total. The van der Waals surface area contributed by atoms with Crippen molar-refractivity contribution in [2.75, 3.05) is 26.2 Å². The van der Waals surface area contributed by atoms with Gasteiger partial charge in [-0.15, -0.1) is 24.8 Å². The van der Waals surface area contributed by atoms with E-state index >= 15 is 0 Å². The number of carbonyl (C=O) groups excluding carboxylic acids is 1. The molecule has 0 bridgehead atoms. The van der Waals surface area contributed by atoms with Crippen LogP contribution in [0.3, 0.4) is 0 Å². The zero-order valence-electron chi connectivity index (χ0n) is 13.9. The topological polar surface area (TPSA) is 53.6 Å². The molecule has 3 unspecified atom stereocenters. The number of hydrogen-bond acceptors (Lipinski definition) is 4. The van der Waals surface area contributed by atoms with Crippen molar-refractivity contribution in [1.29, 1.82) is 0 Å². The van der Waals surface area contributed by atoms with Gasteiger partial charge in [-0.3, -0.25) is 9.69 Å². The summed E-state index contributed by atoms with van der Waals surface area (Å²) in [5, 5.41) is 6.34. The SMILES string of the molecule is CC1CC(NC(=O)C2CNCCO2)CN1Cc1ccccc1.Cl.Cl. The van der Waals surface area contributed by atoms with Crippen LogP contribution in [0.1, 0.15) is 18.9 Å². The van der Waals surface area contributed by atoms with Crippen molar-refractivity contribution in [2.24, 2.45) is 0 Å². The summed E-state index contributed by atoms with van der Waals surface area (Å²) in [6.07, 6.45) is 0.658. The summed E-state index contributed by atoms with van der Waals surface area (Å²) >= 11 is 0. The lowest BCUT2D eigenvalue weighted by molar-refractivity contribution is -0.134. The van der Waals surface area contributed by atoms with E-state index in [0.29, 0.717) is 19.2 Å². The average Bonchev–Trinajstić information content (AvgIpc) is 2.88. The number of rotatable bonds is 4. The van der Waals surface area contributed by atoms with Gasteiger partial charge in [-0.2, -0.15) is 0 Å². The minimum Gasteiger partial charge on any atom is -0.366 e. The summed E-state index contributed by atoms with van der Waals surface area (Å²) in [4.78, 5) is 14.7. The number of nitrogens with one attached hydrogen (secondary N) is 2. The summed E-state index contributed by atoms with van der Waals surface area (Å²) in [7, 11) is 0. The van der Waals surface area contributed by atoms with E-state index in [1.54, 1.807) is 0 Å². The zero-order valence-corrected chi connectivity index (χ0v) is 15.6. The van der Waals surface area contributed by atoms with E-state index in [0.717, 1.165) is 26.1 Å². The van der Waals surface area contributed by atoms with Crippen molar-refractivity contribution in [3.63, 3.8) is 0 Å². The van der Waals surface area contributed by atoms with E-state index in [-0.39, 0.29) is 42.9 Å². The summed E-state index contributed by atoms with van der Waals surface area (Å²) < 4.78 is 5.51. The summed E-state index contributed by atoms with van der Waals surface area (Å²) in [5.74, 6) is 0.0194. The van der Waals surface area contributed by atoms with Crippen LogP contribution in [0.5, 0.6) is 0 Å². The van der Waals surface area contributed by atoms with Gasteiger partial charge >= 0.3 is 0 Å². The molecule has 0 aromatic heterocycles. The summed E-state index contributed by atoms with van der Waals surface area (Å²) in [6, 6.07) is 11.2. The number of nitrogens with zero attached hydrogens (tertiary/aromatic N) is 1. The molecule has 1 amide bonds. The molecule has 1 aromatic rings. The Labute approximate surface area is 156 Å². The Morgan fingerprint density at radius 1 is 1.33 bits per heavy atom. The molecule has 0 radical (unpaired) electrons. The number of amides is 1. The van der Waals surface area contributed by atoms with Crippen LogP contribution in [0.2, 0.25) is 0 Å². The Hall–Kier alpha value is -0.850. The molecule has 3 atom stereocenters. The number of halogens is 2. The van der Waals surface area contributed by atoms with Gasteiger partial charge in [-0.25, -0.2) is 0 Å². The molecule has 136 valence electrons. The monoisotopic (exact) mass is 375 g/mol. The Morgan fingerprint density at radius 3 is 2.75 bits per heavy atom. The molecule has 2 aliphatic heterocycles. The van der Waals surface area contributed by atoms with Gasteiger partial charge in [-0.05, 0) is 18.9 Å². The van der Waals surface area contributed by atoms with Crippen LogP contribution >= 0.6 is 24.8 Å². The van der Waals surface area contributed by atoms with E-state index < -0.39 is 0 Å². The molecule has 2 heterocycles. The highest BCUT2D eigenvalue weighted by atomic mass is 35.5. The molecular weight excluding hydrogens is 349 g/mol. The first kappa shape index (κ1) is 21.2. The minimum absolute atomic E-state index is 0. The maximum Gasteiger partial charge on any atom is 0.250 e. The molecule has 24 heavy (non-hydrogen) atoms. The third-order valence-corrected chi connectivity index (χ3v) is 4.50. The number of morpholine rings is 1. The van der Waals surface area contributed by atoms with Gasteiger partial charge in [-0.1, -0.05) is 30.3 Å². The smallest absolute Gasteiger partial charge is 0.250 e. The lowest BCUT2D eigenvalue weighted by atomic mass is 10.1. The summed E-state index contributed by atoms with van der Waals surface area (Å²) in [5.41, 5.74) is 1.32. The van der Waals surface area contributed by atoms with Gasteiger partial charge in [0.1, 0.15) is 6.10 Å². The maximum atomic E-state index is 12.2. The van der Waals surface area contributed by atoms with Gasteiger partial charge in [0.15, 0.2) is 0 Å². The molecule has 0 spiro atoms. The fourth-order valence-corrected chi connectivity index (χ4v) is 3.27. The third-order valence-electron chi connectivity index (χ3n) is 4.50. The van der Waals surface area contributed by atoms with Gasteiger partial charge in [0.25, 0.3) is 5.91 Å². The maximum absolute atomic E-state index is 12.2. The van der Waals surface area contributed by atoms with Crippen LogP contribution in [0.25, 0.3) is 0 Å². The lowest BCUT2D eigenvalue weighted by Crippen LogP contribution is -2.50. The molecular formula is C17H27Cl2N3O2. The normalized spacial score (nSPS) is 27.0. The second kappa shape index (κ2) is 10.2. The Balaban J connectivity index is 0.00000144. The Bertz CT molecular complexity index is 498. The number of hydrogen-bond donors (Lipinski definition) is 2. The van der Waals surface area contributed by atoms with Crippen molar-refractivity contribution in [3.8, 4) is 0 Å². The molecule has 0 aliphatic carbocycles. The third kappa shape index (κ3) is 5.60. The average molecular weight is 376 g/mol. The Kier molecular flexibility index (Phi) is 9.02. The number of ether oxygens (including phenoxy) is 1. The van der Waals surface area contributed by atoms with Crippen molar-refractivity contribution < 1.29 is 9.53 Å². The van der Waals surface area contributed by atoms with Crippen molar-refractivity contribution in [1.82, 2.24) is 15.5 Å². The molecule has 7 heteroatoms. The highest BCUT2D eigenvalue weighted by Gasteiger charge is 2.32. The first-order chi connectivity index (χ1) is 10.7. The predicted molar refractivity (Wildman–Crippen MR) is 100.0 cm³/mol. The van der Waals surface area contributed by atoms with Crippen LogP contribution in [0, 0.1) is 0 Å². The van der Waals surface area contributed by atoms with E-state index in [4.69, 9.17) is 4.74 Å². The molecule has 2 aliphatic rings. The molecule has 3 rings (SSSR count). The van der Waals surface area contributed by atoms with Crippen LogP contribution in [0.15, 0.2) is 30.3 Å². The quantitative estimate of drug-likeness (QED) is 0.838. The van der Waals surface area contributed by atoms with E-state index in [1.165, 1.54) is 5.56 Å². The Morgan fingerprint density at radius 2 is 2.08 bits per heavy atom. The second-order valence-electron chi connectivity index (χ2n) is 6.27. The standard InChI is InChI=1S/C17H25N3O2.2ClH/c1-13-9-15(19-17(21)16-10-18-7-8-22-16)12-20(13)11-14-5-3-2-4-6-14;;/h2-6,13,15-16,18H,7-12H2,1H3,(H,19,21);2*1H. The largest absolute Gasteiger partial charge is 0.366 e. The van der Waals surface area contributed by atoms with Crippen LogP contribution < -0.4 is 10.6 Å². The molecule has 1 aromatic carbocycles. The van der Waals surface area contributed by atoms with Crippen molar-refractivity contribution in [3.05, 3.63) is 35.9 Å². The van der Waals surface area contributed by atoms with E-state index in [2.05, 4.69) is 46.7 Å². The van der Waals surface area contributed by atoms with Gasteiger partial charge in [0.2, 0.25) is 0 Å². The zero-order chi connectivity index (χ0) is 15.4. The van der Waals surface area contributed by atoms with Gasteiger partial charge < -0.3 is 15.4 Å². The van der Waals surface area contributed by atoms with Crippen LogP contribution in [0.4, 0.5) is 0 Å². The highest BCUT2D eigenvalue weighted by Crippen LogP contribution is 2.20. The van der Waals surface area contributed by atoms with Crippen molar-refractivity contribution in [2.45, 2.75) is 38.1 Å². The molecule has 2 N–H and O–H groups in total. The van der Waals surface area contributed by atoms with E-state index in [9.17, 15) is 4.79 Å². The summed E-state index contributed by atoms with van der Waals surface area (Å²) in [6.45, 7) is 6.13. The molecule has 2 saturated heterocycles. The molecule has 0 saturated carbocycles. The van der Waals surface area contributed by atoms with Crippen LogP contribution in [-0.2, 0) is 16.1 Å². The van der Waals surface area contributed by atoms with Gasteiger partial charge in [0.05, 0.1) is 6.61 Å². The van der Waals surface area contributed by atoms with Crippen LogP contribution in [-0.4, -0.2) is 55.2 Å². The molecule has 2 fully saturated rings. The van der Waals surface area contributed by atoms with Gasteiger partial charge in [0, 0.05) is 38.3 Å². The van der Waals surface area contributed by atoms with E-state index in [1.807, 2.05) is 6.07 Å². The number of likely N-dealkylation sites (tertiary alicyclic amines) is 1. The lowest BCUT2D eigenvalue weighted by Gasteiger charge is -2.24. The minimum atomic E-state index is -0.341. The highest BCUT2D eigenvalue weighted by molar-refractivity contribution is 5.85. The van der Waals surface area contributed by atoms with Crippen molar-refractivity contribution >= 4 is 30.7 Å². The number of carbonyl (C=O) groups is 1. The fourth-order valence-electron chi connectivity index (χ4n) is 3.27. The number of benzene rings is 1. The first-order valence-corrected chi connectivity index (χ1v) is 8.13. The first-order valence-electron chi connectivity index (χ1n) is 8.13.